The fourth-order valence-corrected chi connectivity index (χ4v) is 2.20. The number of fused-ring (bicyclic) bond motifs is 1. The minimum atomic E-state index is -1.49. The van der Waals surface area contributed by atoms with Crippen molar-refractivity contribution in [3.63, 3.8) is 0 Å². The molecule has 3 rings (SSSR count). The summed E-state index contributed by atoms with van der Waals surface area (Å²) in [5, 5.41) is 13.7. The van der Waals surface area contributed by atoms with Crippen LogP contribution in [0.1, 0.15) is 15.9 Å². The predicted molar refractivity (Wildman–Crippen MR) is 77.2 cm³/mol. The zero-order valence-corrected chi connectivity index (χ0v) is 11.4. The summed E-state index contributed by atoms with van der Waals surface area (Å²) >= 11 is 0. The van der Waals surface area contributed by atoms with Crippen LogP contribution in [0.4, 0.5) is 4.39 Å². The number of aliphatic carboxylic acids is 1. The molecular formula is C16H11FN2O3. The van der Waals surface area contributed by atoms with E-state index in [1.54, 1.807) is 29.1 Å². The van der Waals surface area contributed by atoms with Crippen LogP contribution >= 0.6 is 0 Å². The Balaban J connectivity index is 1.91. The molecule has 0 aliphatic rings. The minimum absolute atomic E-state index is 0.112. The quantitative estimate of drug-likeness (QED) is 0.593. The number of carboxylic acid groups (broad SMARTS) is 1. The molecule has 0 amide bonds. The van der Waals surface area contributed by atoms with Crippen LogP contribution in [0.5, 0.6) is 0 Å². The van der Waals surface area contributed by atoms with Crippen molar-refractivity contribution in [3.8, 4) is 0 Å². The van der Waals surface area contributed by atoms with Gasteiger partial charge in [0, 0.05) is 17.1 Å². The number of hydrogen-bond donors (Lipinski definition) is 1. The maximum absolute atomic E-state index is 12.9. The Morgan fingerprint density at radius 2 is 1.86 bits per heavy atom. The largest absolute Gasteiger partial charge is 0.475 e. The van der Waals surface area contributed by atoms with Gasteiger partial charge in [-0.2, -0.15) is 5.10 Å². The number of carbonyl (C=O) groups is 2. The highest BCUT2D eigenvalue weighted by atomic mass is 19.1. The van der Waals surface area contributed by atoms with Crippen LogP contribution in [-0.2, 0) is 11.3 Å². The molecule has 22 heavy (non-hydrogen) atoms. The molecule has 0 radical (unpaired) electrons. The maximum atomic E-state index is 12.9. The van der Waals surface area contributed by atoms with Crippen molar-refractivity contribution in [1.29, 1.82) is 0 Å². The van der Waals surface area contributed by atoms with Crippen molar-refractivity contribution in [2.45, 2.75) is 6.54 Å². The monoisotopic (exact) mass is 298 g/mol. The van der Waals surface area contributed by atoms with Crippen LogP contribution in [0.2, 0.25) is 0 Å². The average Bonchev–Trinajstić information content (AvgIpc) is 2.90. The summed E-state index contributed by atoms with van der Waals surface area (Å²) in [4.78, 5) is 22.2. The van der Waals surface area contributed by atoms with E-state index >= 15 is 0 Å². The molecule has 3 aromatic rings. The lowest BCUT2D eigenvalue weighted by atomic mass is 10.1. The van der Waals surface area contributed by atoms with E-state index in [-0.39, 0.29) is 11.4 Å². The summed E-state index contributed by atoms with van der Waals surface area (Å²) in [6.07, 6.45) is 1.72. The summed E-state index contributed by atoms with van der Waals surface area (Å²) in [5.41, 5.74) is 1.65. The molecule has 0 fully saturated rings. The van der Waals surface area contributed by atoms with Gasteiger partial charge >= 0.3 is 5.97 Å². The Kier molecular flexibility index (Phi) is 3.42. The van der Waals surface area contributed by atoms with Gasteiger partial charge in [0.15, 0.2) is 0 Å². The molecule has 0 saturated heterocycles. The van der Waals surface area contributed by atoms with Crippen LogP contribution in [0.3, 0.4) is 0 Å². The first kappa shape index (κ1) is 13.9. The molecule has 1 aromatic heterocycles. The van der Waals surface area contributed by atoms with Gasteiger partial charge in [-0.05, 0) is 35.9 Å². The van der Waals surface area contributed by atoms with Gasteiger partial charge in [0.05, 0.1) is 12.1 Å². The number of carboxylic acids is 1. The van der Waals surface area contributed by atoms with E-state index in [1.807, 2.05) is 0 Å². The first-order valence-electron chi connectivity index (χ1n) is 6.52. The number of ketones is 1. The van der Waals surface area contributed by atoms with Gasteiger partial charge in [-0.1, -0.05) is 12.1 Å². The summed E-state index contributed by atoms with van der Waals surface area (Å²) < 4.78 is 14.5. The number of aromatic nitrogens is 2. The molecule has 1 N–H and O–H groups in total. The van der Waals surface area contributed by atoms with E-state index in [9.17, 15) is 14.0 Å². The third kappa shape index (κ3) is 2.71. The van der Waals surface area contributed by atoms with Gasteiger partial charge in [-0.3, -0.25) is 9.48 Å². The van der Waals surface area contributed by atoms with Crippen LogP contribution in [0.25, 0.3) is 10.9 Å². The van der Waals surface area contributed by atoms with Crippen LogP contribution in [0, 0.1) is 5.82 Å². The zero-order chi connectivity index (χ0) is 15.7. The minimum Gasteiger partial charge on any atom is -0.475 e. The van der Waals surface area contributed by atoms with E-state index in [2.05, 4.69) is 5.10 Å². The lowest BCUT2D eigenvalue weighted by Gasteiger charge is -2.00. The molecule has 6 heteroatoms. The molecule has 0 spiro atoms. The Bertz CT molecular complexity index is 869. The lowest BCUT2D eigenvalue weighted by Crippen LogP contribution is -2.12. The normalized spacial score (nSPS) is 10.8. The maximum Gasteiger partial charge on any atom is 0.377 e. The van der Waals surface area contributed by atoms with Crippen molar-refractivity contribution < 1.29 is 19.1 Å². The summed E-state index contributed by atoms with van der Waals surface area (Å²) in [5.74, 6) is -2.74. The molecule has 1 heterocycles. The number of carbonyl (C=O) groups excluding carboxylic acids is 1. The molecule has 0 aliphatic carbocycles. The molecule has 0 bridgehead atoms. The number of halogens is 1. The highest BCUT2D eigenvalue weighted by Gasteiger charge is 2.15. The summed E-state index contributed by atoms with van der Waals surface area (Å²) in [6, 6.07) is 10.6. The Hall–Kier alpha value is -3.02. The molecule has 110 valence electrons. The van der Waals surface area contributed by atoms with E-state index < -0.39 is 11.8 Å². The van der Waals surface area contributed by atoms with Gasteiger partial charge in [0.1, 0.15) is 5.82 Å². The predicted octanol–water partition coefficient (Wildman–Crippen LogP) is 2.49. The van der Waals surface area contributed by atoms with Crippen LogP contribution < -0.4 is 0 Å². The molecule has 0 saturated carbocycles. The first-order chi connectivity index (χ1) is 10.5. The van der Waals surface area contributed by atoms with Crippen molar-refractivity contribution in [2.24, 2.45) is 0 Å². The van der Waals surface area contributed by atoms with Crippen molar-refractivity contribution in [1.82, 2.24) is 9.78 Å². The van der Waals surface area contributed by atoms with Crippen molar-refractivity contribution in [2.75, 3.05) is 0 Å². The highest BCUT2D eigenvalue weighted by Crippen LogP contribution is 2.16. The van der Waals surface area contributed by atoms with Crippen LogP contribution in [0.15, 0.2) is 48.7 Å². The van der Waals surface area contributed by atoms with Gasteiger partial charge in [0.25, 0.3) is 5.78 Å². The van der Waals surface area contributed by atoms with E-state index in [4.69, 9.17) is 5.11 Å². The van der Waals surface area contributed by atoms with Gasteiger partial charge in [-0.25, -0.2) is 9.18 Å². The number of nitrogens with zero attached hydrogens (tertiary/aromatic N) is 2. The van der Waals surface area contributed by atoms with Gasteiger partial charge in [-0.15, -0.1) is 0 Å². The number of benzene rings is 2. The first-order valence-corrected chi connectivity index (χ1v) is 6.52. The van der Waals surface area contributed by atoms with Crippen LogP contribution in [-0.4, -0.2) is 26.6 Å². The third-order valence-electron chi connectivity index (χ3n) is 3.27. The van der Waals surface area contributed by atoms with Gasteiger partial charge in [0.2, 0.25) is 0 Å². The number of rotatable bonds is 4. The van der Waals surface area contributed by atoms with Crippen molar-refractivity contribution in [3.05, 3.63) is 65.6 Å². The van der Waals surface area contributed by atoms with E-state index in [0.717, 1.165) is 5.56 Å². The fourth-order valence-electron chi connectivity index (χ4n) is 2.20. The summed E-state index contributed by atoms with van der Waals surface area (Å²) in [7, 11) is 0. The smallest absolute Gasteiger partial charge is 0.377 e. The highest BCUT2D eigenvalue weighted by molar-refractivity contribution is 6.40. The molecule has 2 aromatic carbocycles. The Labute approximate surface area is 124 Å². The number of Topliss-reactive ketones (excluding diaryl/α,β-unsaturated/α-hetero) is 1. The van der Waals surface area contributed by atoms with E-state index in [0.29, 0.717) is 17.4 Å². The fraction of sp³-hybridized carbons (Fsp3) is 0.0625. The second kappa shape index (κ2) is 5.40. The molecule has 0 aliphatic heterocycles. The standard InChI is InChI=1S/C16H11FN2O3/c17-13-4-1-10(2-5-13)8-19-9-12-7-11(15(20)16(21)22)3-6-14(12)18-19/h1-7,9H,8H2,(H,21,22). The average molecular weight is 298 g/mol. The SMILES string of the molecule is O=C(O)C(=O)c1ccc2nn(Cc3ccc(F)cc3)cc2c1. The summed E-state index contributed by atoms with van der Waals surface area (Å²) in [6.45, 7) is 0.456. The van der Waals surface area contributed by atoms with Crippen molar-refractivity contribution >= 4 is 22.7 Å². The topological polar surface area (TPSA) is 72.2 Å². The van der Waals surface area contributed by atoms with E-state index in [1.165, 1.54) is 24.3 Å². The third-order valence-corrected chi connectivity index (χ3v) is 3.27. The molecule has 5 nitrogen and oxygen atoms in total. The van der Waals surface area contributed by atoms with Gasteiger partial charge < -0.3 is 5.11 Å². The molecular weight excluding hydrogens is 287 g/mol. The molecule has 0 atom stereocenters. The second-order valence-corrected chi connectivity index (χ2v) is 4.86. The molecule has 0 unspecified atom stereocenters. The zero-order valence-electron chi connectivity index (χ0n) is 11.4. The second-order valence-electron chi connectivity index (χ2n) is 4.86. The lowest BCUT2D eigenvalue weighted by molar-refractivity contribution is -0.131. The Morgan fingerprint density at radius 1 is 1.14 bits per heavy atom. The number of hydrogen-bond acceptors (Lipinski definition) is 3. The Morgan fingerprint density at radius 3 is 2.55 bits per heavy atom.